The number of aryl methyl sites for hydroxylation is 1. The van der Waals surface area contributed by atoms with Crippen molar-refractivity contribution in [2.75, 3.05) is 25.1 Å². The Labute approximate surface area is 213 Å². The number of carbonyl (C=O) groups excluding carboxylic acids is 1. The highest BCUT2D eigenvalue weighted by Gasteiger charge is 2.27. The fourth-order valence-corrected chi connectivity index (χ4v) is 4.73. The number of hydrogen-bond donors (Lipinski definition) is 4. The van der Waals surface area contributed by atoms with Gasteiger partial charge in [-0.05, 0) is 43.2 Å². The molecule has 1 aliphatic heterocycles. The molecule has 2 aromatic carbocycles. The average Bonchev–Trinajstić information content (AvgIpc) is 3.36. The third-order valence-corrected chi connectivity index (χ3v) is 6.87. The molecule has 0 aliphatic carbocycles. The largest absolute Gasteiger partial charge is 0.486 e. The van der Waals surface area contributed by atoms with Crippen molar-refractivity contribution in [3.8, 4) is 11.5 Å². The Bertz CT molecular complexity index is 1340. The quantitative estimate of drug-likeness (QED) is 0.287. The number of nitrogens with zero attached hydrogens (tertiary/aromatic N) is 1. The maximum Gasteiger partial charge on any atom is 0.322 e. The van der Waals surface area contributed by atoms with Gasteiger partial charge in [0.05, 0.1) is 11.5 Å². The van der Waals surface area contributed by atoms with E-state index in [4.69, 9.17) is 14.2 Å². The number of anilines is 1. The van der Waals surface area contributed by atoms with Crippen LogP contribution in [0.4, 0.5) is 5.95 Å². The Morgan fingerprint density at radius 2 is 2.00 bits per heavy atom. The zero-order chi connectivity index (χ0) is 26.4. The van der Waals surface area contributed by atoms with Crippen molar-refractivity contribution in [1.29, 1.82) is 0 Å². The summed E-state index contributed by atoms with van der Waals surface area (Å²) in [6.07, 6.45) is 2.54. The summed E-state index contributed by atoms with van der Waals surface area (Å²) in [4.78, 5) is 30.3. The fourth-order valence-electron chi connectivity index (χ4n) is 3.54. The molecule has 12 nitrogen and oxygen atoms in total. The zero-order valence-electron chi connectivity index (χ0n) is 19.8. The minimum Gasteiger partial charge on any atom is -0.486 e. The Kier molecular flexibility index (Phi) is 8.06. The SMILES string of the molecule is Cc1ccc(S(=O)(=O)NC(Cc2ccc3c(c2)OCC(COCC(=O)Nc2ncc[nH]2)O3)C(=O)O)cc1. The molecule has 0 saturated heterocycles. The zero-order valence-corrected chi connectivity index (χ0v) is 20.7. The van der Waals surface area contributed by atoms with Gasteiger partial charge in [-0.25, -0.2) is 13.4 Å². The Hall–Kier alpha value is -3.94. The molecule has 0 spiro atoms. The van der Waals surface area contributed by atoms with Gasteiger partial charge >= 0.3 is 5.97 Å². The number of carboxylic acids is 1. The first kappa shape index (κ1) is 26.1. The molecule has 13 heteroatoms. The van der Waals surface area contributed by atoms with Crippen LogP contribution in [0.3, 0.4) is 0 Å². The second-order valence-electron chi connectivity index (χ2n) is 8.36. The summed E-state index contributed by atoms with van der Waals surface area (Å²) >= 11 is 0. The maximum absolute atomic E-state index is 12.7. The number of aromatic amines is 1. The molecule has 2 unspecified atom stereocenters. The standard InChI is InChI=1S/C24H26N4O8S/c1-15-2-5-18(6-3-15)37(32,33)28-19(23(30)31)10-16-4-7-20-21(11-16)35-13-17(36-20)12-34-14-22(29)27-24-25-8-9-26-24/h2-9,11,17,19,28H,10,12-14H2,1H3,(H,30,31)(H2,25,26,27,29). The van der Waals surface area contributed by atoms with Crippen LogP contribution in [0.15, 0.2) is 59.8 Å². The van der Waals surface area contributed by atoms with Gasteiger partial charge in [0.15, 0.2) is 17.6 Å². The average molecular weight is 531 g/mol. The highest BCUT2D eigenvalue weighted by molar-refractivity contribution is 7.89. The normalized spacial score (nSPS) is 15.6. The van der Waals surface area contributed by atoms with E-state index in [0.717, 1.165) is 5.56 Å². The summed E-state index contributed by atoms with van der Waals surface area (Å²) in [5.74, 6) is -0.532. The predicted octanol–water partition coefficient (Wildman–Crippen LogP) is 1.49. The molecule has 1 aromatic heterocycles. The number of ether oxygens (including phenoxy) is 3. The number of carbonyl (C=O) groups is 2. The number of sulfonamides is 1. The first-order valence-electron chi connectivity index (χ1n) is 11.3. The van der Waals surface area contributed by atoms with Gasteiger partial charge in [-0.15, -0.1) is 0 Å². The molecule has 0 bridgehead atoms. The van der Waals surface area contributed by atoms with Crippen molar-refractivity contribution in [3.05, 3.63) is 66.0 Å². The van der Waals surface area contributed by atoms with E-state index in [-0.39, 0.29) is 37.0 Å². The van der Waals surface area contributed by atoms with Crippen LogP contribution in [0, 0.1) is 6.92 Å². The van der Waals surface area contributed by atoms with Gasteiger partial charge < -0.3 is 24.3 Å². The van der Waals surface area contributed by atoms with E-state index in [0.29, 0.717) is 23.0 Å². The molecule has 0 fully saturated rings. The van der Waals surface area contributed by atoms with Crippen LogP contribution in [0.25, 0.3) is 0 Å². The van der Waals surface area contributed by atoms with E-state index in [2.05, 4.69) is 20.0 Å². The molecule has 2 atom stereocenters. The van der Waals surface area contributed by atoms with E-state index in [1.807, 2.05) is 6.92 Å². The molecule has 0 saturated carbocycles. The summed E-state index contributed by atoms with van der Waals surface area (Å²) in [6, 6.07) is 9.60. The van der Waals surface area contributed by atoms with Crippen LogP contribution in [0.5, 0.6) is 11.5 Å². The van der Waals surface area contributed by atoms with Crippen molar-refractivity contribution in [2.24, 2.45) is 0 Å². The molecule has 2 heterocycles. The summed E-state index contributed by atoms with van der Waals surface area (Å²) < 4.78 is 44.6. The van der Waals surface area contributed by atoms with Gasteiger partial charge in [0.25, 0.3) is 5.91 Å². The lowest BCUT2D eigenvalue weighted by atomic mass is 10.1. The molecular weight excluding hydrogens is 504 g/mol. The topological polar surface area (TPSA) is 169 Å². The molecule has 4 N–H and O–H groups in total. The van der Waals surface area contributed by atoms with Crippen LogP contribution < -0.4 is 19.5 Å². The monoisotopic (exact) mass is 530 g/mol. The van der Waals surface area contributed by atoms with Gasteiger partial charge in [0.1, 0.15) is 19.3 Å². The fraction of sp³-hybridized carbons (Fsp3) is 0.292. The number of nitrogens with one attached hydrogen (secondary N) is 3. The number of aromatic nitrogens is 2. The van der Waals surface area contributed by atoms with Crippen LogP contribution in [-0.2, 0) is 30.8 Å². The number of aliphatic carboxylic acids is 1. The Morgan fingerprint density at radius 3 is 2.70 bits per heavy atom. The first-order valence-corrected chi connectivity index (χ1v) is 12.8. The lowest BCUT2D eigenvalue weighted by Crippen LogP contribution is -2.42. The molecule has 196 valence electrons. The number of fused-ring (bicyclic) bond motifs is 1. The molecule has 4 rings (SSSR count). The second kappa shape index (κ2) is 11.4. The number of benzene rings is 2. The summed E-state index contributed by atoms with van der Waals surface area (Å²) in [7, 11) is -4.03. The number of H-pyrrole nitrogens is 1. The highest BCUT2D eigenvalue weighted by atomic mass is 32.2. The van der Waals surface area contributed by atoms with E-state index < -0.39 is 28.1 Å². The lowest BCUT2D eigenvalue weighted by Gasteiger charge is -2.27. The predicted molar refractivity (Wildman–Crippen MR) is 131 cm³/mol. The third kappa shape index (κ3) is 7.06. The van der Waals surface area contributed by atoms with Crippen LogP contribution in [0.2, 0.25) is 0 Å². The Morgan fingerprint density at radius 1 is 1.22 bits per heavy atom. The van der Waals surface area contributed by atoms with Crippen LogP contribution >= 0.6 is 0 Å². The van der Waals surface area contributed by atoms with Crippen molar-refractivity contribution in [2.45, 2.75) is 30.4 Å². The van der Waals surface area contributed by atoms with Crippen molar-refractivity contribution >= 4 is 27.8 Å². The van der Waals surface area contributed by atoms with E-state index in [9.17, 15) is 23.1 Å². The third-order valence-electron chi connectivity index (χ3n) is 5.39. The molecule has 37 heavy (non-hydrogen) atoms. The second-order valence-corrected chi connectivity index (χ2v) is 10.1. The van der Waals surface area contributed by atoms with Gasteiger partial charge in [-0.3, -0.25) is 14.9 Å². The summed E-state index contributed by atoms with van der Waals surface area (Å²) in [6.45, 7) is 1.89. The number of rotatable bonds is 11. The van der Waals surface area contributed by atoms with Gasteiger partial charge in [0.2, 0.25) is 16.0 Å². The van der Waals surface area contributed by atoms with E-state index in [1.54, 1.807) is 36.5 Å². The smallest absolute Gasteiger partial charge is 0.322 e. The van der Waals surface area contributed by atoms with E-state index in [1.165, 1.54) is 18.3 Å². The Balaban J connectivity index is 1.31. The first-order chi connectivity index (χ1) is 17.7. The van der Waals surface area contributed by atoms with Crippen molar-refractivity contribution in [1.82, 2.24) is 14.7 Å². The maximum atomic E-state index is 12.7. The summed E-state index contributed by atoms with van der Waals surface area (Å²) in [5, 5.41) is 12.2. The molecular formula is C24H26N4O8S. The van der Waals surface area contributed by atoms with Crippen LogP contribution in [-0.4, -0.2) is 67.3 Å². The highest BCUT2D eigenvalue weighted by Crippen LogP contribution is 2.33. The minimum absolute atomic E-state index is 0.0155. The van der Waals surface area contributed by atoms with Crippen LogP contribution in [0.1, 0.15) is 11.1 Å². The molecule has 0 radical (unpaired) electrons. The number of carboxylic acid groups (broad SMARTS) is 1. The molecule has 1 aliphatic rings. The van der Waals surface area contributed by atoms with Crippen molar-refractivity contribution in [3.63, 3.8) is 0 Å². The number of imidazole rings is 1. The number of amides is 1. The van der Waals surface area contributed by atoms with Gasteiger partial charge in [-0.1, -0.05) is 23.8 Å². The number of hydrogen-bond acceptors (Lipinski definition) is 8. The molecule has 1 amide bonds. The lowest BCUT2D eigenvalue weighted by molar-refractivity contribution is -0.138. The van der Waals surface area contributed by atoms with Gasteiger partial charge in [0, 0.05) is 12.4 Å². The minimum atomic E-state index is -4.03. The van der Waals surface area contributed by atoms with E-state index >= 15 is 0 Å². The molecule has 3 aromatic rings. The summed E-state index contributed by atoms with van der Waals surface area (Å²) in [5.41, 5.74) is 1.43. The van der Waals surface area contributed by atoms with Gasteiger partial charge in [-0.2, -0.15) is 4.72 Å². The van der Waals surface area contributed by atoms with Crippen molar-refractivity contribution < 1.29 is 37.3 Å².